The predicted molar refractivity (Wildman–Crippen MR) is 65.5 cm³/mol. The summed E-state index contributed by atoms with van der Waals surface area (Å²) < 4.78 is 0. The molecule has 0 aromatic carbocycles. The number of hydrogen-bond acceptors (Lipinski definition) is 2. The molecule has 2 N–H and O–H groups in total. The van der Waals surface area contributed by atoms with E-state index in [4.69, 9.17) is 18.0 Å². The van der Waals surface area contributed by atoms with Crippen molar-refractivity contribution in [1.82, 2.24) is 4.90 Å². The Bertz CT molecular complexity index is 194. The first-order chi connectivity index (χ1) is 6.66. The highest BCUT2D eigenvalue weighted by Gasteiger charge is 2.27. The monoisotopic (exact) mass is 214 g/mol. The van der Waals surface area contributed by atoms with Crippen LogP contribution >= 0.6 is 12.2 Å². The van der Waals surface area contributed by atoms with E-state index >= 15 is 0 Å². The molecule has 0 aromatic heterocycles. The topological polar surface area (TPSA) is 29.3 Å². The van der Waals surface area contributed by atoms with Gasteiger partial charge in [-0.2, -0.15) is 0 Å². The summed E-state index contributed by atoms with van der Waals surface area (Å²) in [4.78, 5) is 3.18. The van der Waals surface area contributed by atoms with Gasteiger partial charge in [-0.15, -0.1) is 0 Å². The van der Waals surface area contributed by atoms with Crippen molar-refractivity contribution < 1.29 is 0 Å². The van der Waals surface area contributed by atoms with Gasteiger partial charge in [-0.3, -0.25) is 4.90 Å². The van der Waals surface area contributed by atoms with Gasteiger partial charge in [0.2, 0.25) is 0 Å². The maximum Gasteiger partial charge on any atom is 0.0902 e. The summed E-state index contributed by atoms with van der Waals surface area (Å²) in [5.74, 6) is 0. The number of piperidine rings is 1. The molecule has 2 unspecified atom stereocenters. The van der Waals surface area contributed by atoms with E-state index < -0.39 is 0 Å². The highest BCUT2D eigenvalue weighted by molar-refractivity contribution is 7.80. The minimum absolute atomic E-state index is 0.361. The van der Waals surface area contributed by atoms with Crippen LogP contribution in [0.25, 0.3) is 0 Å². The van der Waals surface area contributed by atoms with Crippen LogP contribution in [-0.4, -0.2) is 28.5 Å². The van der Waals surface area contributed by atoms with Crippen molar-refractivity contribution in [3.63, 3.8) is 0 Å². The summed E-state index contributed by atoms with van der Waals surface area (Å²) in [6, 6.07) is 0.993. The molecule has 14 heavy (non-hydrogen) atoms. The maximum atomic E-state index is 5.78. The summed E-state index contributed by atoms with van der Waals surface area (Å²) >= 11 is 5.13. The molecule has 2 atom stereocenters. The van der Waals surface area contributed by atoms with Crippen LogP contribution in [0.4, 0.5) is 0 Å². The second kappa shape index (κ2) is 5.66. The first-order valence-electron chi connectivity index (χ1n) is 5.72. The van der Waals surface area contributed by atoms with E-state index in [1.54, 1.807) is 0 Å². The Morgan fingerprint density at radius 2 is 2.29 bits per heavy atom. The molecule has 1 fully saturated rings. The van der Waals surface area contributed by atoms with Gasteiger partial charge in [-0.05, 0) is 32.7 Å². The summed E-state index contributed by atoms with van der Waals surface area (Å²) in [7, 11) is 0. The van der Waals surface area contributed by atoms with E-state index in [0.29, 0.717) is 17.1 Å². The number of rotatable bonds is 4. The third-order valence-corrected chi connectivity index (χ3v) is 3.42. The Morgan fingerprint density at radius 3 is 2.86 bits per heavy atom. The van der Waals surface area contributed by atoms with Gasteiger partial charge in [-0.25, -0.2) is 0 Å². The Hall–Kier alpha value is -0.150. The zero-order valence-corrected chi connectivity index (χ0v) is 10.1. The lowest BCUT2D eigenvalue weighted by molar-refractivity contribution is 0.135. The quantitative estimate of drug-likeness (QED) is 0.728. The smallest absolute Gasteiger partial charge is 0.0902 e. The average molecular weight is 214 g/mol. The first-order valence-corrected chi connectivity index (χ1v) is 6.12. The van der Waals surface area contributed by atoms with Crippen LogP contribution in [0, 0.1) is 0 Å². The molecule has 1 aliphatic rings. The molecule has 0 spiro atoms. The van der Waals surface area contributed by atoms with Crippen LogP contribution in [-0.2, 0) is 0 Å². The predicted octanol–water partition coefficient (Wildman–Crippen LogP) is 2.32. The molecule has 0 aliphatic carbocycles. The molecule has 0 amide bonds. The molecule has 82 valence electrons. The van der Waals surface area contributed by atoms with Crippen molar-refractivity contribution in [3.05, 3.63) is 0 Å². The molecule has 2 nitrogen and oxygen atoms in total. The molecule has 1 aliphatic heterocycles. The second-order valence-electron chi connectivity index (χ2n) is 4.29. The van der Waals surface area contributed by atoms with Crippen LogP contribution in [0.2, 0.25) is 0 Å². The van der Waals surface area contributed by atoms with Crippen LogP contribution in [0.5, 0.6) is 0 Å². The largest absolute Gasteiger partial charge is 0.392 e. The van der Waals surface area contributed by atoms with Crippen LogP contribution in [0.15, 0.2) is 0 Å². The fraction of sp³-hybridized carbons (Fsp3) is 0.909. The Labute approximate surface area is 92.8 Å². The number of thiocarbonyl (C=S) groups is 1. The summed E-state index contributed by atoms with van der Waals surface area (Å²) in [6.45, 7) is 5.69. The second-order valence-corrected chi connectivity index (χ2v) is 4.76. The highest BCUT2D eigenvalue weighted by Crippen LogP contribution is 2.21. The molecular weight excluding hydrogens is 192 g/mol. The molecule has 3 heteroatoms. The van der Waals surface area contributed by atoms with Crippen molar-refractivity contribution in [2.75, 3.05) is 6.54 Å². The lowest BCUT2D eigenvalue weighted by Crippen LogP contribution is -2.50. The van der Waals surface area contributed by atoms with Crippen LogP contribution in [0.3, 0.4) is 0 Å². The van der Waals surface area contributed by atoms with Crippen LogP contribution in [0.1, 0.15) is 46.0 Å². The van der Waals surface area contributed by atoms with Gasteiger partial charge in [0.15, 0.2) is 0 Å². The lowest BCUT2D eigenvalue weighted by atomic mass is 9.98. The molecule has 1 heterocycles. The fourth-order valence-corrected chi connectivity index (χ4v) is 2.62. The van der Waals surface area contributed by atoms with Crippen molar-refractivity contribution in [2.45, 2.75) is 58.0 Å². The lowest BCUT2D eigenvalue weighted by Gasteiger charge is -2.39. The maximum absolute atomic E-state index is 5.78. The third kappa shape index (κ3) is 2.92. The minimum Gasteiger partial charge on any atom is -0.392 e. The first kappa shape index (κ1) is 11.9. The van der Waals surface area contributed by atoms with E-state index in [0.717, 1.165) is 6.42 Å². The van der Waals surface area contributed by atoms with E-state index in [-0.39, 0.29) is 0 Å². The van der Waals surface area contributed by atoms with E-state index in [9.17, 15) is 0 Å². The van der Waals surface area contributed by atoms with Crippen molar-refractivity contribution in [1.29, 1.82) is 0 Å². The Morgan fingerprint density at radius 1 is 1.57 bits per heavy atom. The molecule has 0 aromatic rings. The van der Waals surface area contributed by atoms with E-state index in [1.165, 1.54) is 32.2 Å². The van der Waals surface area contributed by atoms with Gasteiger partial charge in [0, 0.05) is 6.04 Å². The normalized spacial score (nSPS) is 26.0. The van der Waals surface area contributed by atoms with Gasteiger partial charge in [0.05, 0.1) is 11.0 Å². The van der Waals surface area contributed by atoms with E-state index in [2.05, 4.69) is 18.7 Å². The summed E-state index contributed by atoms with van der Waals surface area (Å²) in [5.41, 5.74) is 5.78. The number of likely N-dealkylation sites (tertiary alicyclic amines) is 1. The van der Waals surface area contributed by atoms with Gasteiger partial charge in [0.1, 0.15) is 0 Å². The SMILES string of the molecule is CCCC(C)N1CCCCC1C(N)=S. The van der Waals surface area contributed by atoms with Crippen molar-refractivity contribution in [3.8, 4) is 0 Å². The van der Waals surface area contributed by atoms with Crippen molar-refractivity contribution in [2.24, 2.45) is 5.73 Å². The molecule has 0 bridgehead atoms. The zero-order valence-electron chi connectivity index (χ0n) is 9.33. The summed E-state index contributed by atoms with van der Waals surface area (Å²) in [5, 5.41) is 0. The van der Waals surface area contributed by atoms with E-state index in [1.807, 2.05) is 0 Å². The molecule has 0 saturated carbocycles. The zero-order chi connectivity index (χ0) is 10.6. The van der Waals surface area contributed by atoms with Gasteiger partial charge < -0.3 is 5.73 Å². The average Bonchev–Trinajstić information content (AvgIpc) is 2.18. The van der Waals surface area contributed by atoms with Gasteiger partial charge in [-0.1, -0.05) is 32.0 Å². The van der Waals surface area contributed by atoms with Gasteiger partial charge in [0.25, 0.3) is 0 Å². The molecule has 1 rings (SSSR count). The standard InChI is InChI=1S/C11H22N2S/c1-3-6-9(2)13-8-5-4-7-10(13)11(12)14/h9-10H,3-8H2,1-2H3,(H2,12,14). The molecule has 1 saturated heterocycles. The number of nitrogens with zero attached hydrogens (tertiary/aromatic N) is 1. The fourth-order valence-electron chi connectivity index (χ4n) is 2.37. The molecular formula is C11H22N2S. The Kier molecular flexibility index (Phi) is 4.82. The van der Waals surface area contributed by atoms with Gasteiger partial charge >= 0.3 is 0 Å². The van der Waals surface area contributed by atoms with Crippen LogP contribution < -0.4 is 5.73 Å². The third-order valence-electron chi connectivity index (χ3n) is 3.15. The Balaban J connectivity index is 2.57. The summed E-state index contributed by atoms with van der Waals surface area (Å²) in [6.07, 6.45) is 6.22. The highest BCUT2D eigenvalue weighted by atomic mass is 32.1. The number of nitrogens with two attached hydrogens (primary N) is 1. The molecule has 0 radical (unpaired) electrons. The minimum atomic E-state index is 0.361. The van der Waals surface area contributed by atoms with Crippen molar-refractivity contribution >= 4 is 17.2 Å². The number of hydrogen-bond donors (Lipinski definition) is 1.